The molecule has 9 nitrogen and oxygen atoms in total. The summed E-state index contributed by atoms with van der Waals surface area (Å²) in [7, 11) is 0. The van der Waals surface area contributed by atoms with Crippen molar-refractivity contribution < 1.29 is 14.4 Å². The molecular formula is C19H25N5O4. The number of carbonyl (C=O) groups is 3. The number of hydrogen-bond donors (Lipinski definition) is 2. The number of nitrogens with one attached hydrogen (secondary N) is 2. The number of aromatic amines is 1. The first-order valence-electron chi connectivity index (χ1n) is 9.83. The van der Waals surface area contributed by atoms with Crippen LogP contribution in [0.1, 0.15) is 43.1 Å². The SMILES string of the molecule is CC(=O)NC[C@H]1[C@H]2C[C@H](CN(C(=O)c3c[nH]c(=O)cn3)C2)[C@@H]2CCCC(=O)N21. The topological polar surface area (TPSA) is 115 Å². The standard InChI is InChI=1S/C19H25N5O4/c1-11(25)20-7-16-13-5-12(15-3-2-4-18(27)24(15)16)9-23(10-13)19(28)14-6-22-17(26)8-21-14/h6,8,12-13,15-16H,2-5,7,9-10H2,1H3,(H,20,25)(H,22,26)/t12-,13+,15+,16+/m1/s1. The summed E-state index contributed by atoms with van der Waals surface area (Å²) in [6, 6.07) is 0.00693. The molecule has 3 fully saturated rings. The summed E-state index contributed by atoms with van der Waals surface area (Å²) in [6.45, 7) is 2.97. The van der Waals surface area contributed by atoms with Gasteiger partial charge in [0.2, 0.25) is 11.8 Å². The molecule has 3 amide bonds. The number of rotatable bonds is 3. The summed E-state index contributed by atoms with van der Waals surface area (Å²) >= 11 is 0. The molecule has 3 saturated heterocycles. The predicted octanol–water partition coefficient (Wildman–Crippen LogP) is -0.252. The van der Waals surface area contributed by atoms with Crippen LogP contribution in [0.4, 0.5) is 0 Å². The zero-order valence-corrected chi connectivity index (χ0v) is 15.9. The molecule has 0 spiro atoms. The van der Waals surface area contributed by atoms with Crippen LogP contribution < -0.4 is 10.9 Å². The molecule has 0 radical (unpaired) electrons. The van der Waals surface area contributed by atoms with Crippen molar-refractivity contribution in [2.75, 3.05) is 19.6 Å². The molecule has 3 aliphatic heterocycles. The molecule has 4 heterocycles. The van der Waals surface area contributed by atoms with Gasteiger partial charge in [-0.1, -0.05) is 0 Å². The second-order valence-electron chi connectivity index (χ2n) is 8.03. The third-order valence-electron chi connectivity index (χ3n) is 6.24. The van der Waals surface area contributed by atoms with Crippen LogP contribution in [0.5, 0.6) is 0 Å². The largest absolute Gasteiger partial charge is 0.354 e. The summed E-state index contributed by atoms with van der Waals surface area (Å²) in [6.07, 6.45) is 5.75. The molecule has 0 unspecified atom stereocenters. The minimum atomic E-state index is -0.348. The van der Waals surface area contributed by atoms with E-state index in [-0.39, 0.29) is 52.9 Å². The van der Waals surface area contributed by atoms with Crippen molar-refractivity contribution in [2.24, 2.45) is 11.8 Å². The molecule has 3 aliphatic rings. The van der Waals surface area contributed by atoms with Gasteiger partial charge < -0.3 is 20.1 Å². The molecular weight excluding hydrogens is 362 g/mol. The van der Waals surface area contributed by atoms with Crippen molar-refractivity contribution in [3.8, 4) is 0 Å². The predicted molar refractivity (Wildman–Crippen MR) is 99.3 cm³/mol. The highest BCUT2D eigenvalue weighted by Crippen LogP contribution is 2.41. The Bertz CT molecular complexity index is 832. The number of H-pyrrole nitrogens is 1. The fourth-order valence-corrected chi connectivity index (χ4v) is 5.07. The van der Waals surface area contributed by atoms with Gasteiger partial charge in [-0.2, -0.15) is 0 Å². The number of fused-ring (bicyclic) bond motifs is 4. The van der Waals surface area contributed by atoms with Gasteiger partial charge in [-0.25, -0.2) is 4.98 Å². The van der Waals surface area contributed by atoms with E-state index in [0.29, 0.717) is 26.1 Å². The highest BCUT2D eigenvalue weighted by molar-refractivity contribution is 5.92. The van der Waals surface area contributed by atoms with Crippen molar-refractivity contribution in [2.45, 2.75) is 44.7 Å². The van der Waals surface area contributed by atoms with Crippen LogP contribution >= 0.6 is 0 Å². The molecule has 0 aliphatic carbocycles. The molecule has 4 atom stereocenters. The van der Waals surface area contributed by atoms with Crippen LogP contribution in [0, 0.1) is 11.8 Å². The molecule has 1 aromatic rings. The minimum Gasteiger partial charge on any atom is -0.354 e. The van der Waals surface area contributed by atoms with Crippen LogP contribution in [-0.4, -0.2) is 69.2 Å². The first-order valence-corrected chi connectivity index (χ1v) is 9.83. The maximum absolute atomic E-state index is 12.9. The Balaban J connectivity index is 1.59. The third kappa shape index (κ3) is 3.41. The highest BCUT2D eigenvalue weighted by Gasteiger charge is 2.50. The van der Waals surface area contributed by atoms with E-state index in [1.165, 1.54) is 13.1 Å². The molecule has 2 N–H and O–H groups in total. The Labute approximate surface area is 162 Å². The van der Waals surface area contributed by atoms with Crippen LogP contribution in [0.15, 0.2) is 17.2 Å². The summed E-state index contributed by atoms with van der Waals surface area (Å²) < 4.78 is 0. The van der Waals surface area contributed by atoms with Gasteiger partial charge in [-0.3, -0.25) is 19.2 Å². The Kier molecular flexibility index (Phi) is 4.91. The van der Waals surface area contributed by atoms with Crippen LogP contribution in [0.2, 0.25) is 0 Å². The van der Waals surface area contributed by atoms with Crippen LogP contribution in [0.25, 0.3) is 0 Å². The number of nitrogens with zero attached hydrogens (tertiary/aromatic N) is 3. The smallest absolute Gasteiger partial charge is 0.273 e. The van der Waals surface area contributed by atoms with Crippen molar-refractivity contribution >= 4 is 17.7 Å². The van der Waals surface area contributed by atoms with E-state index < -0.39 is 0 Å². The quantitative estimate of drug-likeness (QED) is 0.742. The Morgan fingerprint density at radius 2 is 2.07 bits per heavy atom. The van der Waals surface area contributed by atoms with E-state index in [2.05, 4.69) is 15.3 Å². The van der Waals surface area contributed by atoms with Gasteiger partial charge in [0, 0.05) is 45.2 Å². The van der Waals surface area contributed by atoms with Gasteiger partial charge in [-0.05, 0) is 31.1 Å². The maximum Gasteiger partial charge on any atom is 0.273 e. The van der Waals surface area contributed by atoms with Gasteiger partial charge in [0.05, 0.1) is 12.2 Å². The Morgan fingerprint density at radius 1 is 1.29 bits per heavy atom. The number of hydrogen-bond acceptors (Lipinski definition) is 5. The molecule has 2 bridgehead atoms. The first kappa shape index (κ1) is 18.6. The zero-order chi connectivity index (χ0) is 19.8. The summed E-state index contributed by atoms with van der Waals surface area (Å²) in [5.74, 6) is 0.159. The van der Waals surface area contributed by atoms with Gasteiger partial charge >= 0.3 is 0 Å². The fourth-order valence-electron chi connectivity index (χ4n) is 5.07. The van der Waals surface area contributed by atoms with E-state index >= 15 is 0 Å². The average molecular weight is 387 g/mol. The van der Waals surface area contributed by atoms with Gasteiger partial charge in [0.1, 0.15) is 5.69 Å². The Hall–Kier alpha value is -2.71. The summed E-state index contributed by atoms with van der Waals surface area (Å²) in [4.78, 5) is 58.5. The average Bonchev–Trinajstić information content (AvgIpc) is 2.68. The molecule has 1 aromatic heterocycles. The lowest BCUT2D eigenvalue weighted by atomic mass is 9.72. The molecule has 0 saturated carbocycles. The summed E-state index contributed by atoms with van der Waals surface area (Å²) in [5, 5.41) is 2.87. The normalized spacial score (nSPS) is 29.2. The number of amides is 3. The second-order valence-corrected chi connectivity index (χ2v) is 8.03. The van der Waals surface area contributed by atoms with Crippen molar-refractivity contribution in [3.05, 3.63) is 28.4 Å². The van der Waals surface area contributed by atoms with Crippen molar-refractivity contribution in [1.82, 2.24) is 25.1 Å². The van der Waals surface area contributed by atoms with Crippen LogP contribution in [-0.2, 0) is 9.59 Å². The van der Waals surface area contributed by atoms with Crippen molar-refractivity contribution in [1.29, 1.82) is 0 Å². The lowest BCUT2D eigenvalue weighted by Crippen LogP contribution is -2.67. The van der Waals surface area contributed by atoms with E-state index in [1.54, 1.807) is 4.90 Å². The Morgan fingerprint density at radius 3 is 2.79 bits per heavy atom. The van der Waals surface area contributed by atoms with Gasteiger partial charge in [0.25, 0.3) is 11.5 Å². The van der Waals surface area contributed by atoms with E-state index in [9.17, 15) is 19.2 Å². The molecule has 28 heavy (non-hydrogen) atoms. The second kappa shape index (κ2) is 7.37. The van der Waals surface area contributed by atoms with Crippen molar-refractivity contribution in [3.63, 3.8) is 0 Å². The van der Waals surface area contributed by atoms with E-state index in [0.717, 1.165) is 25.5 Å². The highest BCUT2D eigenvalue weighted by atomic mass is 16.2. The maximum atomic E-state index is 12.9. The van der Waals surface area contributed by atoms with E-state index in [1.807, 2.05) is 4.90 Å². The molecule has 0 aromatic carbocycles. The zero-order valence-electron chi connectivity index (χ0n) is 15.9. The monoisotopic (exact) mass is 387 g/mol. The third-order valence-corrected chi connectivity index (χ3v) is 6.24. The molecule has 4 rings (SSSR count). The lowest BCUT2D eigenvalue weighted by Gasteiger charge is -2.56. The number of piperidine rings is 3. The van der Waals surface area contributed by atoms with Gasteiger partial charge in [-0.15, -0.1) is 0 Å². The number of carbonyl (C=O) groups excluding carboxylic acids is 3. The number of aromatic nitrogens is 2. The van der Waals surface area contributed by atoms with E-state index in [4.69, 9.17) is 0 Å². The minimum absolute atomic E-state index is 0.0999. The fraction of sp³-hybridized carbons (Fsp3) is 0.632. The number of likely N-dealkylation sites (tertiary alicyclic amines) is 1. The van der Waals surface area contributed by atoms with Gasteiger partial charge in [0.15, 0.2) is 0 Å². The summed E-state index contributed by atoms with van der Waals surface area (Å²) in [5.41, 5.74) is -0.131. The lowest BCUT2D eigenvalue weighted by molar-refractivity contribution is -0.151. The van der Waals surface area contributed by atoms with Crippen LogP contribution in [0.3, 0.4) is 0 Å². The first-order chi connectivity index (χ1) is 13.4. The molecule has 150 valence electrons. The molecule has 9 heteroatoms.